The van der Waals surface area contributed by atoms with E-state index in [1.54, 1.807) is 0 Å². The molecule has 0 amide bonds. The molecule has 0 aliphatic heterocycles. The molecule has 16 heavy (non-hydrogen) atoms. The predicted molar refractivity (Wildman–Crippen MR) is 76.7 cm³/mol. The summed E-state index contributed by atoms with van der Waals surface area (Å²) in [6.07, 6.45) is 3.87. The lowest BCUT2D eigenvalue weighted by molar-refractivity contribution is 0.777. The van der Waals surface area contributed by atoms with Crippen LogP contribution in [0, 0.1) is 0 Å². The first-order valence-electron chi connectivity index (χ1n) is 5.47. The largest absolute Gasteiger partial charge is 0.333 e. The van der Waals surface area contributed by atoms with Crippen LogP contribution in [-0.4, -0.2) is 15.7 Å². The summed E-state index contributed by atoms with van der Waals surface area (Å²) in [4.78, 5) is 7.84. The van der Waals surface area contributed by atoms with Crippen molar-refractivity contribution < 1.29 is 0 Å². The van der Waals surface area contributed by atoms with Crippen LogP contribution >= 0.6 is 28.7 Å². The molecule has 0 spiro atoms. The number of benzene rings is 1. The van der Waals surface area contributed by atoms with Crippen LogP contribution in [-0.2, 0) is 0 Å². The van der Waals surface area contributed by atoms with Gasteiger partial charge in [-0.2, -0.15) is 0 Å². The normalized spacial score (nSPS) is 10.3. The maximum absolute atomic E-state index is 4.52. The molecule has 1 aromatic heterocycles. The molecule has 0 atom stereocenters. The molecule has 0 saturated heterocycles. The van der Waals surface area contributed by atoms with E-state index in [4.69, 9.17) is 0 Å². The second-order valence-corrected chi connectivity index (χ2v) is 4.70. The van der Waals surface area contributed by atoms with Crippen molar-refractivity contribution in [2.24, 2.45) is 0 Å². The summed E-state index contributed by atoms with van der Waals surface area (Å²) in [6.45, 7) is 2.23. The molecule has 1 aromatic carbocycles. The number of imidazole rings is 1. The van der Waals surface area contributed by atoms with Crippen LogP contribution in [0.15, 0.2) is 29.4 Å². The van der Waals surface area contributed by atoms with Crippen LogP contribution in [0.2, 0.25) is 0 Å². The molecule has 0 saturated carbocycles. The van der Waals surface area contributed by atoms with E-state index in [1.165, 1.54) is 19.3 Å². The lowest BCUT2D eigenvalue weighted by Gasteiger charge is -1.95. The van der Waals surface area contributed by atoms with Crippen LogP contribution in [0.3, 0.4) is 0 Å². The van der Waals surface area contributed by atoms with Crippen LogP contribution in [0.25, 0.3) is 11.0 Å². The van der Waals surface area contributed by atoms with Gasteiger partial charge in [-0.3, -0.25) is 0 Å². The summed E-state index contributed by atoms with van der Waals surface area (Å²) in [5.74, 6) is 1.16. The number of rotatable bonds is 5. The number of hydrogen-bond donors (Lipinski definition) is 1. The molecular formula is C12H17BrN2S. The third kappa shape index (κ3) is 3.52. The maximum Gasteiger partial charge on any atom is 0.166 e. The minimum absolute atomic E-state index is 0. The predicted octanol–water partition coefficient (Wildman–Crippen LogP) is 4.42. The first-order chi connectivity index (χ1) is 7.40. The maximum atomic E-state index is 4.52. The number of nitrogens with zero attached hydrogens (tertiary/aromatic N) is 1. The number of unbranched alkanes of at least 4 members (excludes halogenated alkanes) is 2. The summed E-state index contributed by atoms with van der Waals surface area (Å²) >= 11 is 1.82. The van der Waals surface area contributed by atoms with E-state index in [0.717, 1.165) is 21.9 Å². The number of fused-ring (bicyclic) bond motifs is 1. The Morgan fingerprint density at radius 3 is 2.81 bits per heavy atom. The zero-order valence-corrected chi connectivity index (χ0v) is 11.9. The molecule has 88 valence electrons. The second kappa shape index (κ2) is 6.97. The number of thioether (sulfide) groups is 1. The molecule has 2 rings (SSSR count). The highest BCUT2D eigenvalue weighted by Crippen LogP contribution is 2.20. The van der Waals surface area contributed by atoms with Gasteiger partial charge in [0.25, 0.3) is 0 Å². The van der Waals surface area contributed by atoms with Crippen molar-refractivity contribution in [1.29, 1.82) is 0 Å². The van der Waals surface area contributed by atoms with Crippen LogP contribution in [0.1, 0.15) is 26.2 Å². The molecule has 4 heteroatoms. The van der Waals surface area contributed by atoms with Crippen molar-refractivity contribution >= 4 is 39.8 Å². The van der Waals surface area contributed by atoms with E-state index < -0.39 is 0 Å². The molecule has 0 unspecified atom stereocenters. The van der Waals surface area contributed by atoms with Gasteiger partial charge >= 0.3 is 0 Å². The zero-order chi connectivity index (χ0) is 10.5. The molecule has 0 aliphatic rings. The Hall–Kier alpha value is -0.480. The number of H-pyrrole nitrogens is 1. The molecule has 0 aliphatic carbocycles. The smallest absolute Gasteiger partial charge is 0.166 e. The fourth-order valence-corrected chi connectivity index (χ4v) is 2.41. The van der Waals surface area contributed by atoms with Gasteiger partial charge in [-0.25, -0.2) is 4.98 Å². The number of aromatic amines is 1. The van der Waals surface area contributed by atoms with E-state index >= 15 is 0 Å². The first kappa shape index (κ1) is 13.6. The lowest BCUT2D eigenvalue weighted by atomic mass is 10.3. The third-order valence-electron chi connectivity index (χ3n) is 2.35. The fraction of sp³-hybridized carbons (Fsp3) is 0.417. The molecule has 0 fully saturated rings. The molecule has 0 bridgehead atoms. The lowest BCUT2D eigenvalue weighted by Crippen LogP contribution is -1.81. The van der Waals surface area contributed by atoms with Gasteiger partial charge in [0.2, 0.25) is 0 Å². The van der Waals surface area contributed by atoms with Gasteiger partial charge in [0.1, 0.15) is 0 Å². The highest BCUT2D eigenvalue weighted by molar-refractivity contribution is 8.93. The van der Waals surface area contributed by atoms with Crippen molar-refractivity contribution in [1.82, 2.24) is 9.97 Å². The van der Waals surface area contributed by atoms with Crippen LogP contribution in [0.4, 0.5) is 0 Å². The Morgan fingerprint density at radius 2 is 2.06 bits per heavy atom. The second-order valence-electron chi connectivity index (χ2n) is 3.61. The Morgan fingerprint density at radius 1 is 1.25 bits per heavy atom. The van der Waals surface area contributed by atoms with E-state index in [2.05, 4.69) is 23.0 Å². The minimum atomic E-state index is 0. The van der Waals surface area contributed by atoms with Crippen LogP contribution in [0.5, 0.6) is 0 Å². The molecule has 1 N–H and O–H groups in total. The number of halogens is 1. The standard InChI is InChI=1S/C12H16N2S.BrH/c1-2-3-6-9-15-12-13-10-7-4-5-8-11(10)14-12;/h4-5,7-8H,2-3,6,9H2,1H3,(H,13,14);1H. The number of nitrogens with one attached hydrogen (secondary N) is 1. The topological polar surface area (TPSA) is 28.7 Å². The van der Waals surface area contributed by atoms with Crippen molar-refractivity contribution in [3.8, 4) is 0 Å². The molecule has 1 heterocycles. The van der Waals surface area contributed by atoms with Crippen molar-refractivity contribution in [3.05, 3.63) is 24.3 Å². The number of hydrogen-bond acceptors (Lipinski definition) is 2. The zero-order valence-electron chi connectivity index (χ0n) is 9.40. The molecule has 0 radical (unpaired) electrons. The van der Waals surface area contributed by atoms with Gasteiger partial charge in [0.05, 0.1) is 11.0 Å². The Bertz CT molecular complexity index is 395. The van der Waals surface area contributed by atoms with Gasteiger partial charge in [0.15, 0.2) is 5.16 Å². The Balaban J connectivity index is 0.00000128. The summed E-state index contributed by atoms with van der Waals surface area (Å²) in [6, 6.07) is 8.17. The molecule has 2 aromatic rings. The van der Waals surface area contributed by atoms with Gasteiger partial charge in [-0.1, -0.05) is 43.7 Å². The Labute approximate surface area is 111 Å². The van der Waals surface area contributed by atoms with E-state index in [1.807, 2.05) is 30.0 Å². The highest BCUT2D eigenvalue weighted by Gasteiger charge is 2.01. The fourth-order valence-electron chi connectivity index (χ4n) is 1.52. The summed E-state index contributed by atoms with van der Waals surface area (Å²) in [5.41, 5.74) is 2.20. The molecular weight excluding hydrogens is 284 g/mol. The average Bonchev–Trinajstić information content (AvgIpc) is 2.67. The van der Waals surface area contributed by atoms with Gasteiger partial charge in [-0.15, -0.1) is 17.0 Å². The first-order valence-corrected chi connectivity index (χ1v) is 6.46. The van der Waals surface area contributed by atoms with Crippen molar-refractivity contribution in [2.75, 3.05) is 5.75 Å². The van der Waals surface area contributed by atoms with Gasteiger partial charge in [0, 0.05) is 5.75 Å². The Kier molecular flexibility index (Phi) is 5.91. The quantitative estimate of drug-likeness (QED) is 0.654. The van der Waals surface area contributed by atoms with Crippen LogP contribution < -0.4 is 0 Å². The summed E-state index contributed by atoms with van der Waals surface area (Å²) in [7, 11) is 0. The SMILES string of the molecule is Br.CCCCCSc1nc2ccccc2[nH]1. The average molecular weight is 301 g/mol. The highest BCUT2D eigenvalue weighted by atomic mass is 79.9. The van der Waals surface area contributed by atoms with E-state index in [0.29, 0.717) is 0 Å². The summed E-state index contributed by atoms with van der Waals surface area (Å²) in [5, 5.41) is 1.05. The van der Waals surface area contributed by atoms with Gasteiger partial charge < -0.3 is 4.98 Å². The summed E-state index contributed by atoms with van der Waals surface area (Å²) < 4.78 is 0. The van der Waals surface area contributed by atoms with E-state index in [9.17, 15) is 0 Å². The van der Waals surface area contributed by atoms with Gasteiger partial charge in [-0.05, 0) is 18.6 Å². The number of para-hydroxylation sites is 2. The number of aromatic nitrogens is 2. The monoisotopic (exact) mass is 300 g/mol. The third-order valence-corrected chi connectivity index (χ3v) is 3.31. The molecule has 2 nitrogen and oxygen atoms in total. The minimum Gasteiger partial charge on any atom is -0.333 e. The van der Waals surface area contributed by atoms with Crippen molar-refractivity contribution in [3.63, 3.8) is 0 Å². The van der Waals surface area contributed by atoms with Crippen molar-refractivity contribution in [2.45, 2.75) is 31.3 Å². The van der Waals surface area contributed by atoms with E-state index in [-0.39, 0.29) is 17.0 Å².